The van der Waals surface area contributed by atoms with Crippen molar-refractivity contribution in [1.29, 1.82) is 0 Å². The number of rotatable bonds is 21. The Kier molecular flexibility index (Phi) is 17.3. The lowest BCUT2D eigenvalue weighted by Gasteiger charge is -2.10. The van der Waals surface area contributed by atoms with E-state index in [1.807, 2.05) is 0 Å². The van der Waals surface area contributed by atoms with Gasteiger partial charge in [-0.05, 0) is 25.0 Å². The van der Waals surface area contributed by atoms with Crippen molar-refractivity contribution in [2.24, 2.45) is 0 Å². The zero-order valence-electron chi connectivity index (χ0n) is 22.0. The van der Waals surface area contributed by atoms with Crippen LogP contribution in [0.4, 0.5) is 17.1 Å². The molecule has 1 rings (SSSR count). The number of hydrogen-bond acceptors (Lipinski definition) is 4. The molecule has 198 valence electrons. The van der Waals surface area contributed by atoms with E-state index < -0.39 is 4.92 Å². The molecule has 1 aromatic rings. The van der Waals surface area contributed by atoms with Gasteiger partial charge in [0.15, 0.2) is 0 Å². The molecule has 0 spiro atoms. The maximum atomic E-state index is 12.4. The molecule has 0 heterocycles. The highest BCUT2D eigenvalue weighted by atomic mass is 16.6. The first-order chi connectivity index (χ1) is 17.0. The van der Waals surface area contributed by atoms with Gasteiger partial charge in [0.2, 0.25) is 11.8 Å². The van der Waals surface area contributed by atoms with E-state index in [9.17, 15) is 19.7 Å². The number of anilines is 2. The summed E-state index contributed by atoms with van der Waals surface area (Å²) in [5.41, 5.74) is 0.419. The Labute approximate surface area is 212 Å². The van der Waals surface area contributed by atoms with E-state index in [1.54, 1.807) is 0 Å². The van der Waals surface area contributed by atoms with Gasteiger partial charge in [-0.2, -0.15) is 0 Å². The summed E-state index contributed by atoms with van der Waals surface area (Å²) < 4.78 is 0. The van der Waals surface area contributed by atoms with Crippen LogP contribution in [0.3, 0.4) is 0 Å². The highest BCUT2D eigenvalue weighted by molar-refractivity contribution is 5.96. The molecule has 0 saturated carbocycles. The molecule has 7 heteroatoms. The number of carbonyl (C=O) groups is 2. The molecule has 0 aliphatic carbocycles. The average molecular weight is 490 g/mol. The summed E-state index contributed by atoms with van der Waals surface area (Å²) in [5, 5.41) is 16.9. The fourth-order valence-corrected chi connectivity index (χ4v) is 4.15. The predicted molar refractivity (Wildman–Crippen MR) is 145 cm³/mol. The van der Waals surface area contributed by atoms with Crippen molar-refractivity contribution in [2.45, 2.75) is 129 Å². The molecule has 0 radical (unpaired) electrons. The molecule has 2 amide bonds. The van der Waals surface area contributed by atoms with Gasteiger partial charge in [-0.1, -0.05) is 104 Å². The SMILES string of the molecule is CCCCCCCCCCC(=O)Nc1ccc([N+](=O)[O-])c(NC(=O)CCCCCCCCCC)c1. The summed E-state index contributed by atoms with van der Waals surface area (Å²) in [6, 6.07) is 4.32. The number of nitro groups is 1. The second-order valence-electron chi connectivity index (χ2n) is 9.54. The minimum Gasteiger partial charge on any atom is -0.326 e. The van der Waals surface area contributed by atoms with Crippen LogP contribution in [-0.2, 0) is 9.59 Å². The zero-order chi connectivity index (χ0) is 25.7. The predicted octanol–water partition coefficient (Wildman–Crippen LogP) is 8.53. The minimum atomic E-state index is -0.516. The second kappa shape index (κ2) is 19.8. The lowest BCUT2D eigenvalue weighted by molar-refractivity contribution is -0.383. The fraction of sp³-hybridized carbons (Fsp3) is 0.714. The number of nitrogens with one attached hydrogen (secondary N) is 2. The van der Waals surface area contributed by atoms with Gasteiger partial charge in [-0.25, -0.2) is 0 Å². The van der Waals surface area contributed by atoms with Gasteiger partial charge in [0.1, 0.15) is 5.69 Å². The molecule has 0 aliphatic heterocycles. The van der Waals surface area contributed by atoms with Gasteiger partial charge in [-0.3, -0.25) is 19.7 Å². The van der Waals surface area contributed by atoms with E-state index in [0.717, 1.165) is 38.5 Å². The Morgan fingerprint density at radius 3 is 1.57 bits per heavy atom. The minimum absolute atomic E-state index is 0.110. The van der Waals surface area contributed by atoms with Gasteiger partial charge in [-0.15, -0.1) is 0 Å². The van der Waals surface area contributed by atoms with Gasteiger partial charge in [0.05, 0.1) is 4.92 Å². The molecule has 0 saturated heterocycles. The van der Waals surface area contributed by atoms with Gasteiger partial charge < -0.3 is 10.6 Å². The van der Waals surface area contributed by atoms with Crippen molar-refractivity contribution in [1.82, 2.24) is 0 Å². The van der Waals surface area contributed by atoms with Crippen molar-refractivity contribution in [3.05, 3.63) is 28.3 Å². The number of amides is 2. The Hall–Kier alpha value is -2.44. The number of nitro benzene ring substituents is 1. The van der Waals surface area contributed by atoms with Gasteiger partial charge in [0.25, 0.3) is 5.69 Å². The fourth-order valence-electron chi connectivity index (χ4n) is 4.15. The summed E-state index contributed by atoms with van der Waals surface area (Å²) >= 11 is 0. The number of carbonyl (C=O) groups excluding carboxylic acids is 2. The van der Waals surface area contributed by atoms with Crippen LogP contribution in [0.1, 0.15) is 129 Å². The van der Waals surface area contributed by atoms with Crippen LogP contribution >= 0.6 is 0 Å². The lowest BCUT2D eigenvalue weighted by Crippen LogP contribution is -2.14. The van der Waals surface area contributed by atoms with Crippen LogP contribution in [0.5, 0.6) is 0 Å². The Bertz CT molecular complexity index is 752. The van der Waals surface area contributed by atoms with Crippen molar-refractivity contribution >= 4 is 28.9 Å². The van der Waals surface area contributed by atoms with Crippen molar-refractivity contribution in [3.8, 4) is 0 Å². The van der Waals surface area contributed by atoms with Crippen LogP contribution in [0, 0.1) is 10.1 Å². The maximum Gasteiger partial charge on any atom is 0.292 e. The Morgan fingerprint density at radius 1 is 0.686 bits per heavy atom. The summed E-state index contributed by atoms with van der Waals surface area (Å²) in [6.07, 6.45) is 19.1. The number of nitrogens with zero attached hydrogens (tertiary/aromatic N) is 1. The molecule has 0 fully saturated rings. The number of unbranched alkanes of at least 4 members (excludes halogenated alkanes) is 14. The van der Waals surface area contributed by atoms with Crippen molar-refractivity contribution in [2.75, 3.05) is 10.6 Å². The molecule has 0 bridgehead atoms. The largest absolute Gasteiger partial charge is 0.326 e. The molecule has 0 aromatic heterocycles. The number of hydrogen-bond donors (Lipinski definition) is 2. The number of benzene rings is 1. The van der Waals surface area contributed by atoms with Crippen LogP contribution in [0.25, 0.3) is 0 Å². The quantitative estimate of drug-likeness (QED) is 0.103. The normalized spacial score (nSPS) is 10.8. The summed E-state index contributed by atoms with van der Waals surface area (Å²) in [4.78, 5) is 35.5. The monoisotopic (exact) mass is 489 g/mol. The second-order valence-corrected chi connectivity index (χ2v) is 9.54. The van der Waals surface area contributed by atoms with Gasteiger partial charge >= 0.3 is 0 Å². The summed E-state index contributed by atoms with van der Waals surface area (Å²) in [7, 11) is 0. The highest BCUT2D eigenvalue weighted by Gasteiger charge is 2.17. The van der Waals surface area contributed by atoms with E-state index in [2.05, 4.69) is 24.5 Å². The smallest absolute Gasteiger partial charge is 0.292 e. The van der Waals surface area contributed by atoms with Gasteiger partial charge in [0, 0.05) is 24.6 Å². The van der Waals surface area contributed by atoms with Crippen LogP contribution < -0.4 is 10.6 Å². The maximum absolute atomic E-state index is 12.4. The lowest BCUT2D eigenvalue weighted by atomic mass is 10.1. The topological polar surface area (TPSA) is 101 Å². The molecule has 2 N–H and O–H groups in total. The summed E-state index contributed by atoms with van der Waals surface area (Å²) in [5.74, 6) is -0.345. The molecular formula is C28H47N3O4. The van der Waals surface area contributed by atoms with E-state index in [1.165, 1.54) is 82.4 Å². The van der Waals surface area contributed by atoms with Crippen LogP contribution in [0.15, 0.2) is 18.2 Å². The first-order valence-corrected chi connectivity index (χ1v) is 13.9. The molecule has 7 nitrogen and oxygen atoms in total. The molecule has 0 unspecified atom stereocenters. The average Bonchev–Trinajstić information content (AvgIpc) is 2.82. The van der Waals surface area contributed by atoms with Crippen molar-refractivity contribution < 1.29 is 14.5 Å². The van der Waals surface area contributed by atoms with E-state index in [-0.39, 0.29) is 23.2 Å². The third kappa shape index (κ3) is 15.2. The molecule has 1 aromatic carbocycles. The van der Waals surface area contributed by atoms with Crippen molar-refractivity contribution in [3.63, 3.8) is 0 Å². The standard InChI is InChI=1S/C28H47N3O4/c1-3-5-7-9-11-13-15-17-19-27(32)29-24-21-22-26(31(34)35)25(23-24)30-28(33)20-18-16-14-12-10-8-6-4-2/h21-23H,3-20H2,1-2H3,(H,29,32)(H,30,33). The molecular weight excluding hydrogens is 442 g/mol. The third-order valence-electron chi connectivity index (χ3n) is 6.27. The third-order valence-corrected chi connectivity index (χ3v) is 6.27. The van der Waals surface area contributed by atoms with Crippen LogP contribution in [-0.4, -0.2) is 16.7 Å². The Balaban J connectivity index is 2.41. The van der Waals surface area contributed by atoms with E-state index in [4.69, 9.17) is 0 Å². The highest BCUT2D eigenvalue weighted by Crippen LogP contribution is 2.28. The first-order valence-electron chi connectivity index (χ1n) is 13.9. The zero-order valence-corrected chi connectivity index (χ0v) is 22.0. The first kappa shape index (κ1) is 30.6. The molecule has 0 aliphatic rings. The Morgan fingerprint density at radius 2 is 1.11 bits per heavy atom. The van der Waals surface area contributed by atoms with Crippen LogP contribution in [0.2, 0.25) is 0 Å². The molecule has 35 heavy (non-hydrogen) atoms. The van der Waals surface area contributed by atoms with E-state index >= 15 is 0 Å². The molecule has 0 atom stereocenters. The van der Waals surface area contributed by atoms with E-state index in [0.29, 0.717) is 18.5 Å². The summed E-state index contributed by atoms with van der Waals surface area (Å²) in [6.45, 7) is 4.41.